The molecule has 23 heavy (non-hydrogen) atoms. The molecule has 11 heteroatoms. The molecule has 0 bridgehead atoms. The molecule has 0 saturated carbocycles. The summed E-state index contributed by atoms with van der Waals surface area (Å²) in [5.74, 6) is -1.34. The van der Waals surface area contributed by atoms with Crippen molar-refractivity contribution in [3.05, 3.63) is 11.3 Å². The highest BCUT2D eigenvalue weighted by Crippen LogP contribution is 2.40. The number of aliphatic hydroxyl groups is 1. The largest absolute Gasteiger partial charge is 0.456 e. The smallest absolute Gasteiger partial charge is 0.355 e. The number of halogens is 3. The molecule has 7 nitrogen and oxygen atoms in total. The number of fused-ring (bicyclic) bond motifs is 1. The summed E-state index contributed by atoms with van der Waals surface area (Å²) in [5, 5.41) is 11.5. The predicted molar refractivity (Wildman–Crippen MR) is 86.1 cm³/mol. The topological polar surface area (TPSA) is 95.9 Å². The number of hydrogen-bond acceptors (Lipinski definition) is 6. The molecule has 2 aliphatic rings. The molecule has 2 N–H and O–H groups in total. The second-order valence-corrected chi connectivity index (χ2v) is 8.51. The van der Waals surface area contributed by atoms with Gasteiger partial charge in [-0.25, -0.2) is 4.79 Å². The Morgan fingerprint density at radius 3 is 2.65 bits per heavy atom. The minimum atomic E-state index is -1.78. The second kappa shape index (κ2) is 7.06. The van der Waals surface area contributed by atoms with Crippen molar-refractivity contribution in [1.82, 2.24) is 10.2 Å². The number of carbonyl (C=O) groups is 3. The molecular formula is C12H13Cl3N2O5S. The summed E-state index contributed by atoms with van der Waals surface area (Å²) in [6, 6.07) is -0.714. The maximum atomic E-state index is 12.2. The van der Waals surface area contributed by atoms with Gasteiger partial charge in [0.2, 0.25) is 9.70 Å². The Morgan fingerprint density at radius 1 is 1.48 bits per heavy atom. The van der Waals surface area contributed by atoms with E-state index >= 15 is 0 Å². The van der Waals surface area contributed by atoms with E-state index in [1.807, 2.05) is 0 Å². The first-order valence-electron chi connectivity index (χ1n) is 6.44. The third-order valence-corrected chi connectivity index (χ3v) is 4.82. The number of aliphatic hydroxyl groups excluding tert-OH is 1. The van der Waals surface area contributed by atoms with Gasteiger partial charge in [0.05, 0.1) is 6.61 Å². The minimum absolute atomic E-state index is 0.0582. The summed E-state index contributed by atoms with van der Waals surface area (Å²) in [5.41, 5.74) is 0.285. The number of hydrogen-bond donors (Lipinski definition) is 2. The highest BCUT2D eigenvalue weighted by Gasteiger charge is 2.54. The molecule has 1 fully saturated rings. The second-order valence-electron chi connectivity index (χ2n) is 4.89. The molecule has 2 aliphatic heterocycles. The van der Waals surface area contributed by atoms with Crippen molar-refractivity contribution < 1.29 is 24.2 Å². The molecule has 1 saturated heterocycles. The Hall–Kier alpha value is -0.670. The van der Waals surface area contributed by atoms with Crippen LogP contribution in [0.4, 0.5) is 0 Å². The quantitative estimate of drug-likeness (QED) is 0.405. The van der Waals surface area contributed by atoms with Crippen LogP contribution in [0.3, 0.4) is 0 Å². The van der Waals surface area contributed by atoms with Gasteiger partial charge >= 0.3 is 5.97 Å². The average Bonchev–Trinajstić information content (AvgIpc) is 2.47. The number of nitrogens with one attached hydrogen (secondary N) is 1. The summed E-state index contributed by atoms with van der Waals surface area (Å²) >= 11 is 17.9. The van der Waals surface area contributed by atoms with Gasteiger partial charge < -0.3 is 15.2 Å². The fraction of sp³-hybridized carbons (Fsp3) is 0.583. The Morgan fingerprint density at radius 2 is 2.13 bits per heavy atom. The van der Waals surface area contributed by atoms with Crippen LogP contribution in [0.1, 0.15) is 6.92 Å². The molecule has 0 aliphatic carbocycles. The van der Waals surface area contributed by atoms with Gasteiger partial charge in [-0.3, -0.25) is 14.5 Å². The number of β-lactam (4-membered cyclic amide) rings is 1. The van der Waals surface area contributed by atoms with E-state index in [4.69, 9.17) is 39.5 Å². The van der Waals surface area contributed by atoms with Crippen molar-refractivity contribution in [2.45, 2.75) is 22.1 Å². The molecule has 0 radical (unpaired) electrons. The van der Waals surface area contributed by atoms with Crippen molar-refractivity contribution in [2.75, 3.05) is 19.0 Å². The Bertz CT molecular complexity index is 578. The van der Waals surface area contributed by atoms with Crippen LogP contribution in [-0.4, -0.2) is 62.0 Å². The van der Waals surface area contributed by atoms with E-state index in [1.54, 1.807) is 0 Å². The van der Waals surface area contributed by atoms with E-state index in [1.165, 1.54) is 23.6 Å². The number of amides is 2. The molecular weight excluding hydrogens is 391 g/mol. The molecule has 2 heterocycles. The lowest BCUT2D eigenvalue weighted by atomic mass is 10.0. The van der Waals surface area contributed by atoms with E-state index in [9.17, 15) is 19.5 Å². The summed E-state index contributed by atoms with van der Waals surface area (Å²) in [6.07, 6.45) is 0. The van der Waals surface area contributed by atoms with Crippen molar-refractivity contribution in [3.63, 3.8) is 0 Å². The Kier molecular flexibility index (Phi) is 5.73. The zero-order chi connectivity index (χ0) is 17.4. The van der Waals surface area contributed by atoms with Gasteiger partial charge in [-0.15, -0.1) is 11.8 Å². The van der Waals surface area contributed by atoms with Crippen molar-refractivity contribution in [2.24, 2.45) is 0 Å². The number of carbonyl (C=O) groups excluding carboxylic acids is 3. The maximum absolute atomic E-state index is 12.2. The van der Waals surface area contributed by atoms with Crippen LogP contribution < -0.4 is 5.32 Å². The fourth-order valence-electron chi connectivity index (χ4n) is 2.23. The van der Waals surface area contributed by atoms with E-state index < -0.39 is 40.3 Å². The van der Waals surface area contributed by atoms with Gasteiger partial charge in [-0.1, -0.05) is 34.8 Å². The number of ether oxygens (including phenoxy) is 1. The summed E-state index contributed by atoms with van der Waals surface area (Å²) < 4.78 is 3.12. The van der Waals surface area contributed by atoms with E-state index in [0.717, 1.165) is 0 Å². The van der Waals surface area contributed by atoms with Gasteiger partial charge in [0, 0.05) is 12.7 Å². The molecule has 2 atom stereocenters. The molecule has 0 aromatic rings. The predicted octanol–water partition coefficient (Wildman–Crippen LogP) is 0.566. The van der Waals surface area contributed by atoms with Crippen LogP contribution >= 0.6 is 46.6 Å². The molecule has 0 aromatic heterocycles. The van der Waals surface area contributed by atoms with Crippen LogP contribution in [0.2, 0.25) is 0 Å². The number of esters is 1. The lowest BCUT2D eigenvalue weighted by molar-refractivity contribution is -0.152. The first-order valence-corrected chi connectivity index (χ1v) is 8.62. The van der Waals surface area contributed by atoms with Gasteiger partial charge in [-0.2, -0.15) is 0 Å². The van der Waals surface area contributed by atoms with Crippen molar-refractivity contribution in [3.8, 4) is 0 Å². The average molecular weight is 404 g/mol. The van der Waals surface area contributed by atoms with Crippen LogP contribution in [0.5, 0.6) is 0 Å². The normalized spacial score (nSPS) is 24.0. The number of rotatable bonds is 4. The van der Waals surface area contributed by atoms with Crippen molar-refractivity contribution in [1.29, 1.82) is 0 Å². The monoisotopic (exact) mass is 402 g/mol. The maximum Gasteiger partial charge on any atom is 0.355 e. The van der Waals surface area contributed by atoms with Gasteiger partial charge in [0.15, 0.2) is 0 Å². The highest BCUT2D eigenvalue weighted by molar-refractivity contribution is 8.00. The highest BCUT2D eigenvalue weighted by atomic mass is 35.6. The van der Waals surface area contributed by atoms with Crippen LogP contribution in [0, 0.1) is 0 Å². The summed E-state index contributed by atoms with van der Waals surface area (Å²) in [6.45, 7) is 0.398. The molecule has 2 amide bonds. The lowest BCUT2D eigenvalue weighted by Gasteiger charge is -2.49. The van der Waals surface area contributed by atoms with E-state index in [2.05, 4.69) is 5.32 Å². The van der Waals surface area contributed by atoms with E-state index in [0.29, 0.717) is 11.3 Å². The van der Waals surface area contributed by atoms with Crippen molar-refractivity contribution >= 4 is 64.3 Å². The summed E-state index contributed by atoms with van der Waals surface area (Å²) in [7, 11) is 0. The molecule has 0 spiro atoms. The SMILES string of the molecule is CC(=O)NC1C(=O)N2C(C(=O)OCC(Cl)(Cl)Cl)=C(CO)CS[C@@H]12. The van der Waals surface area contributed by atoms with Crippen LogP contribution in [0.25, 0.3) is 0 Å². The van der Waals surface area contributed by atoms with Gasteiger partial charge in [0.25, 0.3) is 5.91 Å². The van der Waals surface area contributed by atoms with Gasteiger partial charge in [0.1, 0.15) is 23.7 Å². The molecule has 1 unspecified atom stereocenters. The lowest BCUT2D eigenvalue weighted by Crippen LogP contribution is -2.70. The minimum Gasteiger partial charge on any atom is -0.456 e. The number of thioether (sulfide) groups is 1. The zero-order valence-electron chi connectivity index (χ0n) is 11.8. The molecule has 128 valence electrons. The third kappa shape index (κ3) is 4.06. The first kappa shape index (κ1) is 18.7. The summed E-state index contributed by atoms with van der Waals surface area (Å²) in [4.78, 5) is 36.8. The van der Waals surface area contributed by atoms with Crippen LogP contribution in [-0.2, 0) is 19.1 Å². The van der Waals surface area contributed by atoms with Gasteiger partial charge in [-0.05, 0) is 5.57 Å². The Balaban J connectivity index is 2.18. The number of alkyl halides is 3. The van der Waals surface area contributed by atoms with Crippen LogP contribution in [0.15, 0.2) is 11.3 Å². The number of nitrogens with zero attached hydrogens (tertiary/aromatic N) is 1. The van der Waals surface area contributed by atoms with E-state index in [-0.39, 0.29) is 11.6 Å². The first-order chi connectivity index (χ1) is 10.7. The third-order valence-electron chi connectivity index (χ3n) is 3.16. The zero-order valence-corrected chi connectivity index (χ0v) is 14.9. The Labute approximate surface area is 151 Å². The molecule has 0 aromatic carbocycles. The standard InChI is InChI=1S/C12H13Cl3N2O5S/c1-5(19)16-7-9(20)17-8(6(2-18)3-23-10(7)17)11(21)22-4-12(13,14)15/h7,10,18H,2-4H2,1H3,(H,16,19)/t7?,10-/m0/s1. The fourth-order valence-corrected chi connectivity index (χ4v) is 3.73. The molecule has 2 rings (SSSR count).